The molecule has 21 heavy (non-hydrogen) atoms. The largest absolute Gasteiger partial charge is 0.481 e. The van der Waals surface area contributed by atoms with Crippen molar-refractivity contribution < 1.29 is 24.2 Å². The number of hydrogen-bond donors (Lipinski definition) is 2. The maximum absolute atomic E-state index is 12.3. The highest BCUT2D eigenvalue weighted by Crippen LogP contribution is 2.08. The first kappa shape index (κ1) is 17.2. The second kappa shape index (κ2) is 8.46. The van der Waals surface area contributed by atoms with E-state index in [-0.39, 0.29) is 24.8 Å². The minimum atomic E-state index is -0.921. The summed E-state index contributed by atoms with van der Waals surface area (Å²) in [5, 5.41) is 11.5. The molecule has 2 N–H and O–H groups in total. The standard InChI is InChI=1S/C13H23N3O5/c1-3-21-13(20)16-8-6-15(7-9-16)12(19)10(14-2)4-5-11(17)18/h10,14H,3-9H2,1-2H3,(H,17,18)/t10-/m0/s1. The molecule has 0 spiro atoms. The third-order valence-electron chi connectivity index (χ3n) is 3.41. The van der Waals surface area contributed by atoms with Crippen molar-refractivity contribution in [2.75, 3.05) is 39.8 Å². The minimum absolute atomic E-state index is 0.0555. The van der Waals surface area contributed by atoms with Crippen LogP contribution in [0.5, 0.6) is 0 Å². The normalized spacial score (nSPS) is 16.5. The molecule has 0 unspecified atom stereocenters. The summed E-state index contributed by atoms with van der Waals surface area (Å²) in [6, 6.07) is -0.504. The van der Waals surface area contributed by atoms with Gasteiger partial charge in [0.05, 0.1) is 12.6 Å². The number of carbonyl (C=O) groups excluding carboxylic acids is 2. The molecule has 0 aliphatic carbocycles. The van der Waals surface area contributed by atoms with Crippen LogP contribution < -0.4 is 5.32 Å². The van der Waals surface area contributed by atoms with Gasteiger partial charge in [0.2, 0.25) is 5.91 Å². The van der Waals surface area contributed by atoms with Crippen molar-refractivity contribution in [1.82, 2.24) is 15.1 Å². The minimum Gasteiger partial charge on any atom is -0.481 e. The summed E-state index contributed by atoms with van der Waals surface area (Å²) in [7, 11) is 1.64. The molecule has 1 rings (SSSR count). The second-order valence-electron chi connectivity index (χ2n) is 4.78. The van der Waals surface area contributed by atoms with Crippen LogP contribution in [0.25, 0.3) is 0 Å². The number of piperazine rings is 1. The Morgan fingerprint density at radius 2 is 1.76 bits per heavy atom. The first-order valence-corrected chi connectivity index (χ1v) is 7.09. The van der Waals surface area contributed by atoms with Crippen LogP contribution in [0.2, 0.25) is 0 Å². The first-order chi connectivity index (χ1) is 9.99. The molecule has 1 fully saturated rings. The predicted octanol–water partition coefficient (Wildman–Crippen LogP) is -0.260. The summed E-state index contributed by atoms with van der Waals surface area (Å²) in [5.41, 5.74) is 0. The number of rotatable bonds is 6. The Morgan fingerprint density at radius 1 is 1.19 bits per heavy atom. The third-order valence-corrected chi connectivity index (χ3v) is 3.41. The summed E-state index contributed by atoms with van der Waals surface area (Å²) in [6.45, 7) is 3.80. The van der Waals surface area contributed by atoms with Gasteiger partial charge in [0.1, 0.15) is 0 Å². The Bertz CT molecular complexity index is 380. The van der Waals surface area contributed by atoms with Crippen LogP contribution in [-0.2, 0) is 14.3 Å². The monoisotopic (exact) mass is 301 g/mol. The van der Waals surface area contributed by atoms with E-state index in [0.717, 1.165) is 0 Å². The molecule has 0 aromatic carbocycles. The molecule has 0 aromatic heterocycles. The fourth-order valence-corrected chi connectivity index (χ4v) is 2.20. The fourth-order valence-electron chi connectivity index (χ4n) is 2.20. The lowest BCUT2D eigenvalue weighted by Gasteiger charge is -2.35. The molecule has 1 aliphatic heterocycles. The first-order valence-electron chi connectivity index (χ1n) is 7.09. The molecule has 0 radical (unpaired) electrons. The van der Waals surface area contributed by atoms with E-state index in [1.807, 2.05) is 0 Å². The predicted molar refractivity (Wildman–Crippen MR) is 74.9 cm³/mol. The van der Waals surface area contributed by atoms with Gasteiger partial charge in [-0.25, -0.2) is 4.79 Å². The van der Waals surface area contributed by atoms with Gasteiger partial charge >= 0.3 is 12.1 Å². The van der Waals surface area contributed by atoms with Gasteiger partial charge in [-0.3, -0.25) is 9.59 Å². The van der Waals surface area contributed by atoms with Crippen LogP contribution in [-0.4, -0.2) is 78.8 Å². The molecule has 0 bridgehead atoms. The Hall–Kier alpha value is -1.83. The zero-order valence-electron chi connectivity index (χ0n) is 12.5. The Labute approximate surface area is 124 Å². The average molecular weight is 301 g/mol. The molecule has 1 saturated heterocycles. The molecule has 1 atom stereocenters. The van der Waals surface area contributed by atoms with Crippen LogP contribution in [0.4, 0.5) is 4.79 Å². The molecular weight excluding hydrogens is 278 g/mol. The van der Waals surface area contributed by atoms with Gasteiger partial charge < -0.3 is 25.0 Å². The van der Waals surface area contributed by atoms with E-state index in [9.17, 15) is 14.4 Å². The van der Waals surface area contributed by atoms with Gasteiger partial charge in [0.15, 0.2) is 0 Å². The van der Waals surface area contributed by atoms with Crippen LogP contribution in [0.1, 0.15) is 19.8 Å². The fraction of sp³-hybridized carbons (Fsp3) is 0.769. The topological polar surface area (TPSA) is 99.2 Å². The smallest absolute Gasteiger partial charge is 0.409 e. The van der Waals surface area contributed by atoms with Gasteiger partial charge in [-0.2, -0.15) is 0 Å². The van der Waals surface area contributed by atoms with Crippen LogP contribution in [0, 0.1) is 0 Å². The molecule has 1 heterocycles. The number of hydrogen-bond acceptors (Lipinski definition) is 5. The lowest BCUT2D eigenvalue weighted by atomic mass is 10.1. The number of ether oxygens (including phenoxy) is 1. The van der Waals surface area contributed by atoms with Crippen molar-refractivity contribution in [2.45, 2.75) is 25.8 Å². The number of aliphatic carboxylic acids is 1. The van der Waals surface area contributed by atoms with Crippen molar-refractivity contribution in [2.24, 2.45) is 0 Å². The van der Waals surface area contributed by atoms with E-state index in [1.54, 1.807) is 23.8 Å². The lowest BCUT2D eigenvalue weighted by molar-refractivity contribution is -0.138. The Morgan fingerprint density at radius 3 is 2.24 bits per heavy atom. The molecule has 0 aromatic rings. The molecule has 120 valence electrons. The van der Waals surface area contributed by atoms with E-state index in [0.29, 0.717) is 32.8 Å². The van der Waals surface area contributed by atoms with Gasteiger partial charge in [0, 0.05) is 32.6 Å². The van der Waals surface area contributed by atoms with Crippen LogP contribution in [0.15, 0.2) is 0 Å². The highest BCUT2D eigenvalue weighted by Gasteiger charge is 2.28. The third kappa shape index (κ3) is 5.22. The molecule has 8 nitrogen and oxygen atoms in total. The molecular formula is C13H23N3O5. The number of likely N-dealkylation sites (N-methyl/N-ethyl adjacent to an activating group) is 1. The van der Waals surface area contributed by atoms with Crippen molar-refractivity contribution in [3.8, 4) is 0 Å². The number of amides is 2. The Kier molecular flexibility index (Phi) is 6.93. The summed E-state index contributed by atoms with van der Waals surface area (Å²) < 4.78 is 4.92. The van der Waals surface area contributed by atoms with Gasteiger partial charge in [0.25, 0.3) is 0 Å². The highest BCUT2D eigenvalue weighted by atomic mass is 16.6. The molecule has 1 aliphatic rings. The van der Waals surface area contributed by atoms with Crippen molar-refractivity contribution in [3.63, 3.8) is 0 Å². The van der Waals surface area contributed by atoms with Crippen molar-refractivity contribution in [3.05, 3.63) is 0 Å². The SMILES string of the molecule is CCOC(=O)N1CCN(C(=O)[C@H](CCC(=O)O)NC)CC1. The lowest BCUT2D eigenvalue weighted by Crippen LogP contribution is -2.54. The van der Waals surface area contributed by atoms with E-state index in [2.05, 4.69) is 5.32 Å². The second-order valence-corrected chi connectivity index (χ2v) is 4.78. The summed E-state index contributed by atoms with van der Waals surface area (Å²) in [5.74, 6) is -1.04. The van der Waals surface area contributed by atoms with E-state index in [4.69, 9.17) is 9.84 Å². The van der Waals surface area contributed by atoms with Gasteiger partial charge in [-0.15, -0.1) is 0 Å². The molecule has 8 heteroatoms. The van der Waals surface area contributed by atoms with Crippen LogP contribution >= 0.6 is 0 Å². The summed E-state index contributed by atoms with van der Waals surface area (Å²) >= 11 is 0. The zero-order valence-corrected chi connectivity index (χ0v) is 12.5. The van der Waals surface area contributed by atoms with E-state index < -0.39 is 12.0 Å². The molecule has 2 amide bonds. The number of nitrogens with one attached hydrogen (secondary N) is 1. The van der Waals surface area contributed by atoms with E-state index in [1.165, 1.54) is 0 Å². The number of nitrogens with zero attached hydrogens (tertiary/aromatic N) is 2. The molecule has 0 saturated carbocycles. The van der Waals surface area contributed by atoms with E-state index >= 15 is 0 Å². The average Bonchev–Trinajstić information content (AvgIpc) is 2.47. The van der Waals surface area contributed by atoms with Gasteiger partial charge in [-0.05, 0) is 20.4 Å². The van der Waals surface area contributed by atoms with Crippen molar-refractivity contribution >= 4 is 18.0 Å². The van der Waals surface area contributed by atoms with Crippen molar-refractivity contribution in [1.29, 1.82) is 0 Å². The zero-order chi connectivity index (χ0) is 15.8. The number of carboxylic acid groups (broad SMARTS) is 1. The number of carboxylic acids is 1. The summed E-state index contributed by atoms with van der Waals surface area (Å²) in [4.78, 5) is 37.7. The maximum atomic E-state index is 12.3. The Balaban J connectivity index is 2.46. The quantitative estimate of drug-likeness (QED) is 0.701. The van der Waals surface area contributed by atoms with Gasteiger partial charge in [-0.1, -0.05) is 0 Å². The number of carbonyl (C=O) groups is 3. The highest BCUT2D eigenvalue weighted by molar-refractivity contribution is 5.83. The maximum Gasteiger partial charge on any atom is 0.409 e. The summed E-state index contributed by atoms with van der Waals surface area (Å²) in [6.07, 6.45) is -0.163. The van der Waals surface area contributed by atoms with Crippen LogP contribution in [0.3, 0.4) is 0 Å².